The Bertz CT molecular complexity index is 4230. The molecule has 20 rings (SSSR count). The fraction of sp³-hybridized carbons (Fsp3) is 0.767. The zero-order valence-electron chi connectivity index (χ0n) is 88.2. The van der Waals surface area contributed by atoms with Crippen molar-refractivity contribution in [1.29, 1.82) is 0 Å². The van der Waals surface area contributed by atoms with Gasteiger partial charge < -0.3 is 81.7 Å². The Morgan fingerprint density at radius 1 is 0.257 bits per heavy atom. The maximum absolute atomic E-state index is 11.5. The molecule has 804 valence electrons. The van der Waals surface area contributed by atoms with Crippen LogP contribution in [-0.4, -0.2) is 231 Å². The summed E-state index contributed by atoms with van der Waals surface area (Å²) in [6.45, 7) is 26.9. The predicted octanol–water partition coefficient (Wildman–Crippen LogP) is 15.7. The van der Waals surface area contributed by atoms with Crippen molar-refractivity contribution in [3.63, 3.8) is 0 Å². The molecular weight excluding hydrogens is 2080 g/mol. The van der Waals surface area contributed by atoms with E-state index in [1.54, 1.807) is 0 Å². The summed E-state index contributed by atoms with van der Waals surface area (Å²) in [7, 11) is 0. The van der Waals surface area contributed by atoms with Crippen molar-refractivity contribution in [2.24, 2.45) is 185 Å². The normalized spacial score (nSPS) is 44.6. The SMILES string of the molecule is C[C@H](CCC(=O)O)[C@H]1CC[C@H]2[C@@H]3[C@H](O)C[C@@H]4C[C@H](O)CC[C@]4(C)[C@H]3C[C@H](O)[C@]12C.C[C@H](CCC(=O)O)[C@H]1CC[C@H]2[C@@H]3[C@H](O)C[C@@H]4C[C@H](O)CC[C@]4(C)[C@H]3C[C@H](O)[C@]12C.C[C@H](CCC(=O)O)[C@H]1CC[C@H]2[C@@H]3[C@H](O)C[C@@H]4C[C@H](O)CC[C@]4(C)[C@H]3C[C@H](O)[C@]12C.C[C@H](CCC(=O)O)[C@H]1CC[C@H]2[C@@H]3[C@H](O)C[C@@H]4C[C@H](O)CC[C@]4(C)[C@H]3C[C@H](O)[C@]12C.c1ccc([Se][Se]c2ccccc2)cc1.c1ccc([Se][Se]c2ccccc2)cc1. The van der Waals surface area contributed by atoms with Gasteiger partial charge in [0.15, 0.2) is 0 Å². The van der Waals surface area contributed by atoms with Gasteiger partial charge in [0.1, 0.15) is 0 Å². The van der Waals surface area contributed by atoms with Crippen molar-refractivity contribution in [2.75, 3.05) is 0 Å². The molecule has 24 heteroatoms. The van der Waals surface area contributed by atoms with Crippen molar-refractivity contribution in [3.8, 4) is 0 Å². The Kier molecular flexibility index (Phi) is 37.9. The third-order valence-electron chi connectivity index (χ3n) is 44.8. The molecule has 0 bridgehead atoms. The molecule has 144 heavy (non-hydrogen) atoms. The first-order valence-electron chi connectivity index (χ1n) is 56.2. The van der Waals surface area contributed by atoms with E-state index in [9.17, 15) is 80.5 Å². The summed E-state index contributed by atoms with van der Waals surface area (Å²) in [5.41, 5.74) is -0.572. The van der Waals surface area contributed by atoms with E-state index < -0.39 is 48.3 Å². The molecule has 0 aliphatic heterocycles. The summed E-state index contributed by atoms with van der Waals surface area (Å²) in [4.78, 5) is 44.3. The number of benzene rings is 4. The number of hydrogen-bond acceptors (Lipinski definition) is 16. The number of aliphatic hydroxyl groups is 12. The van der Waals surface area contributed by atoms with E-state index in [2.05, 4.69) is 204 Å². The van der Waals surface area contributed by atoms with E-state index >= 15 is 0 Å². The second-order valence-electron chi connectivity index (χ2n) is 51.3. The fourth-order valence-electron chi connectivity index (χ4n) is 36.8. The quantitative estimate of drug-likeness (QED) is 0.0325. The van der Waals surface area contributed by atoms with E-state index in [0.29, 0.717) is 173 Å². The predicted molar refractivity (Wildman–Crippen MR) is 567 cm³/mol. The molecule has 16 fully saturated rings. The molecule has 0 heterocycles. The molecule has 0 saturated heterocycles. The molecule has 4 aromatic carbocycles. The molecule has 0 amide bonds. The second-order valence-corrected chi connectivity index (χ2v) is 63.9. The van der Waals surface area contributed by atoms with Gasteiger partial charge in [-0.15, -0.1) is 0 Å². The first-order valence-corrected chi connectivity index (χ1v) is 68.3. The van der Waals surface area contributed by atoms with E-state index in [1.165, 1.54) is 17.8 Å². The van der Waals surface area contributed by atoms with Gasteiger partial charge in [-0.3, -0.25) is 19.2 Å². The average molecular weight is 2260 g/mol. The molecule has 44 atom stereocenters. The fourth-order valence-corrected chi connectivity index (χ4v) is 48.9. The van der Waals surface area contributed by atoms with Crippen molar-refractivity contribution < 1.29 is 101 Å². The van der Waals surface area contributed by atoms with E-state index in [4.69, 9.17) is 20.4 Å². The Labute approximate surface area is 882 Å². The van der Waals surface area contributed by atoms with E-state index in [1.807, 2.05) is 0 Å². The zero-order chi connectivity index (χ0) is 104. The van der Waals surface area contributed by atoms with Gasteiger partial charge in [0.2, 0.25) is 0 Å². The summed E-state index contributed by atoms with van der Waals surface area (Å²) in [6, 6.07) is 43.1. The van der Waals surface area contributed by atoms with Gasteiger partial charge in [-0.05, 0) is 391 Å². The van der Waals surface area contributed by atoms with Gasteiger partial charge in [-0.25, -0.2) is 0 Å². The number of rotatable bonds is 22. The van der Waals surface area contributed by atoms with E-state index in [-0.39, 0.29) is 165 Å². The number of aliphatic hydroxyl groups excluding tert-OH is 12. The summed E-state index contributed by atoms with van der Waals surface area (Å²) in [5.74, 6) is 3.99. The second kappa shape index (κ2) is 47.8. The van der Waals surface area contributed by atoms with Crippen molar-refractivity contribution in [3.05, 3.63) is 121 Å². The number of fused-ring (bicyclic) bond motifs is 20. The summed E-state index contributed by atoms with van der Waals surface area (Å²) >= 11 is 2.54. The molecule has 20 nitrogen and oxygen atoms in total. The molecular formula is C120H180O20Se4. The van der Waals surface area contributed by atoms with Gasteiger partial charge >= 0.3 is 216 Å². The third-order valence-corrected chi connectivity index (χ3v) is 59.2. The monoisotopic (exact) mass is 2260 g/mol. The number of hydrogen-bond donors (Lipinski definition) is 16. The summed E-state index contributed by atoms with van der Waals surface area (Å²) < 4.78 is 6.01. The zero-order valence-corrected chi connectivity index (χ0v) is 95.1. The van der Waals surface area contributed by atoms with Crippen LogP contribution >= 0.6 is 0 Å². The van der Waals surface area contributed by atoms with Crippen LogP contribution in [0.25, 0.3) is 0 Å². The van der Waals surface area contributed by atoms with Crippen LogP contribution < -0.4 is 17.8 Å². The van der Waals surface area contributed by atoms with Gasteiger partial charge in [0, 0.05) is 25.7 Å². The van der Waals surface area contributed by atoms with Crippen LogP contribution in [0.2, 0.25) is 0 Å². The topological polar surface area (TPSA) is 392 Å². The minimum absolute atomic E-state index is 0.0957. The van der Waals surface area contributed by atoms with Crippen LogP contribution in [0.1, 0.15) is 314 Å². The molecule has 4 aromatic rings. The molecule has 16 saturated carbocycles. The van der Waals surface area contributed by atoms with Crippen LogP contribution in [0.3, 0.4) is 0 Å². The Balaban J connectivity index is 0.000000133. The standard InChI is InChI=1S/4C24H40O5.2C12H10Se2/c4*1-13(4-7-21(28)29)16-5-6-17-22-18(12-20(27)24(16,17)3)23(2)9-8-15(25)10-14(23)11-19(22)26;2*1-3-7-11(8-4-1)13-14-12-9-5-2-6-10-12/h4*13-20,22,25-27H,4-12H2,1-3H3,(H,28,29);2*1-10H/t4*13-,14+,15-,16-,17+,18+,19-,20+,22+,23+,24-;;/m1111../s1. The number of aliphatic carboxylic acids is 4. The molecule has 16 aliphatic carbocycles. The molecule has 0 spiro atoms. The maximum atomic E-state index is 11.5. The summed E-state index contributed by atoms with van der Waals surface area (Å²) in [5, 5.41) is 168. The van der Waals surface area contributed by atoms with Crippen molar-refractivity contribution in [2.45, 2.75) is 387 Å². The Hall–Kier alpha value is -3.64. The average Bonchev–Trinajstić information content (AvgIpc) is 1.44. The van der Waals surface area contributed by atoms with Gasteiger partial charge in [0.25, 0.3) is 0 Å². The van der Waals surface area contributed by atoms with Gasteiger partial charge in [-0.1, -0.05) is 83.1 Å². The van der Waals surface area contributed by atoms with Crippen LogP contribution in [0.4, 0.5) is 0 Å². The van der Waals surface area contributed by atoms with Crippen molar-refractivity contribution in [1.82, 2.24) is 0 Å². The number of carboxylic acid groups (broad SMARTS) is 4. The Morgan fingerprint density at radius 3 is 0.611 bits per heavy atom. The molecule has 0 radical (unpaired) electrons. The molecule has 16 N–H and O–H groups in total. The van der Waals surface area contributed by atoms with Gasteiger partial charge in [-0.2, -0.15) is 0 Å². The van der Waals surface area contributed by atoms with Crippen LogP contribution in [0.5, 0.6) is 0 Å². The van der Waals surface area contributed by atoms with Crippen LogP contribution in [0.15, 0.2) is 121 Å². The minimum atomic E-state index is -0.748. The molecule has 0 unspecified atom stereocenters. The molecule has 0 aromatic heterocycles. The number of carbonyl (C=O) groups is 4. The Morgan fingerprint density at radius 2 is 0.438 bits per heavy atom. The third kappa shape index (κ3) is 23.4. The van der Waals surface area contributed by atoms with Crippen molar-refractivity contribution >= 4 is 94.3 Å². The first kappa shape index (κ1) is 114. The van der Waals surface area contributed by atoms with Crippen LogP contribution in [0, 0.1) is 185 Å². The molecule has 16 aliphatic rings. The first-order chi connectivity index (χ1) is 68.2. The van der Waals surface area contributed by atoms with Crippen LogP contribution in [-0.2, 0) is 19.2 Å². The van der Waals surface area contributed by atoms with E-state index in [0.717, 1.165) is 180 Å². The number of carboxylic acids is 4. The van der Waals surface area contributed by atoms with Gasteiger partial charge in [0.05, 0.1) is 73.2 Å². The summed E-state index contributed by atoms with van der Waals surface area (Å²) in [6.07, 6.45) is 24.0.